The van der Waals surface area contributed by atoms with Gasteiger partial charge in [-0.3, -0.25) is 10.1 Å². The summed E-state index contributed by atoms with van der Waals surface area (Å²) in [6.45, 7) is 2.74. The molecule has 22 heavy (non-hydrogen) atoms. The van der Waals surface area contributed by atoms with Crippen molar-refractivity contribution in [2.24, 2.45) is 0 Å². The van der Waals surface area contributed by atoms with Crippen LogP contribution in [0.5, 0.6) is 5.75 Å². The Bertz CT molecular complexity index is 662. The van der Waals surface area contributed by atoms with Crippen molar-refractivity contribution in [2.75, 3.05) is 13.7 Å². The number of benzene rings is 1. The van der Waals surface area contributed by atoms with Crippen LogP contribution in [0.25, 0.3) is 0 Å². The average Bonchev–Trinajstić information content (AvgIpc) is 2.46. The topological polar surface area (TPSA) is 111 Å². The van der Waals surface area contributed by atoms with Crippen LogP contribution in [0.1, 0.15) is 19.8 Å². The van der Waals surface area contributed by atoms with E-state index < -0.39 is 14.9 Å². The molecule has 9 heteroatoms. The highest BCUT2D eigenvalue weighted by molar-refractivity contribution is 7.89. The highest BCUT2D eigenvalue weighted by Gasteiger charge is 2.26. The lowest BCUT2D eigenvalue weighted by molar-refractivity contribution is -0.385. The Morgan fingerprint density at radius 1 is 1.45 bits per heavy atom. The van der Waals surface area contributed by atoms with E-state index in [1.54, 1.807) is 0 Å². The smallest absolute Gasteiger partial charge is 0.310 e. The van der Waals surface area contributed by atoms with Crippen LogP contribution in [0, 0.1) is 10.1 Å². The molecule has 0 aliphatic carbocycles. The average molecular weight is 329 g/mol. The summed E-state index contributed by atoms with van der Waals surface area (Å²) in [5, 5.41) is 14.1. The molecule has 0 saturated carbocycles. The Labute approximate surface area is 129 Å². The summed E-state index contributed by atoms with van der Waals surface area (Å²) >= 11 is 0. The molecule has 1 aliphatic heterocycles. The van der Waals surface area contributed by atoms with E-state index in [4.69, 9.17) is 4.74 Å². The van der Waals surface area contributed by atoms with E-state index in [-0.39, 0.29) is 28.4 Å². The zero-order chi connectivity index (χ0) is 16.3. The molecule has 2 atom stereocenters. The van der Waals surface area contributed by atoms with Crippen molar-refractivity contribution < 1.29 is 18.1 Å². The van der Waals surface area contributed by atoms with E-state index in [9.17, 15) is 18.5 Å². The van der Waals surface area contributed by atoms with Crippen molar-refractivity contribution in [3.05, 3.63) is 28.3 Å². The molecule has 8 nitrogen and oxygen atoms in total. The third-order valence-corrected chi connectivity index (χ3v) is 5.12. The van der Waals surface area contributed by atoms with Gasteiger partial charge in [0.2, 0.25) is 10.0 Å². The van der Waals surface area contributed by atoms with Crippen molar-refractivity contribution in [1.29, 1.82) is 0 Å². The Morgan fingerprint density at radius 2 is 2.18 bits per heavy atom. The van der Waals surface area contributed by atoms with Gasteiger partial charge in [0.1, 0.15) is 0 Å². The van der Waals surface area contributed by atoms with Crippen LogP contribution in [-0.2, 0) is 10.0 Å². The number of ether oxygens (including phenoxy) is 1. The maximum absolute atomic E-state index is 12.4. The summed E-state index contributed by atoms with van der Waals surface area (Å²) in [5.74, 6) is -0.0773. The molecular formula is C13H19N3O5S. The number of nitro groups is 1. The molecule has 1 aromatic carbocycles. The minimum atomic E-state index is -3.74. The van der Waals surface area contributed by atoms with Crippen molar-refractivity contribution in [2.45, 2.75) is 36.7 Å². The predicted molar refractivity (Wildman–Crippen MR) is 80.5 cm³/mol. The van der Waals surface area contributed by atoms with Gasteiger partial charge in [0.05, 0.1) is 16.9 Å². The van der Waals surface area contributed by atoms with E-state index in [1.807, 2.05) is 6.92 Å². The fraction of sp³-hybridized carbons (Fsp3) is 0.538. The number of methoxy groups -OCH3 is 1. The van der Waals surface area contributed by atoms with E-state index in [0.717, 1.165) is 12.6 Å². The third-order valence-electron chi connectivity index (χ3n) is 3.60. The molecule has 1 heterocycles. The van der Waals surface area contributed by atoms with Gasteiger partial charge in [-0.15, -0.1) is 0 Å². The predicted octanol–water partition coefficient (Wildman–Crippen LogP) is 1.02. The van der Waals surface area contributed by atoms with Crippen molar-refractivity contribution >= 4 is 15.7 Å². The van der Waals surface area contributed by atoms with Gasteiger partial charge in [-0.25, -0.2) is 13.1 Å². The van der Waals surface area contributed by atoms with Gasteiger partial charge in [-0.2, -0.15) is 0 Å². The van der Waals surface area contributed by atoms with Gasteiger partial charge in [0.25, 0.3) is 0 Å². The summed E-state index contributed by atoms with van der Waals surface area (Å²) in [4.78, 5) is 10.2. The lowest BCUT2D eigenvalue weighted by Crippen LogP contribution is -2.46. The summed E-state index contributed by atoms with van der Waals surface area (Å²) in [6, 6.07) is 3.62. The van der Waals surface area contributed by atoms with Gasteiger partial charge in [0.15, 0.2) is 5.75 Å². The lowest BCUT2D eigenvalue weighted by Gasteiger charge is -2.28. The number of piperidine rings is 1. The van der Waals surface area contributed by atoms with E-state index in [0.29, 0.717) is 12.8 Å². The third kappa shape index (κ3) is 3.73. The molecule has 0 spiro atoms. The second-order valence-corrected chi connectivity index (χ2v) is 7.00. The fourth-order valence-corrected chi connectivity index (χ4v) is 3.80. The fourth-order valence-electron chi connectivity index (χ4n) is 2.50. The number of nitrogens with zero attached hydrogens (tertiary/aromatic N) is 1. The van der Waals surface area contributed by atoms with E-state index >= 15 is 0 Å². The molecule has 2 N–H and O–H groups in total. The first kappa shape index (κ1) is 16.7. The molecule has 2 rings (SSSR count). The largest absolute Gasteiger partial charge is 0.490 e. The summed E-state index contributed by atoms with van der Waals surface area (Å²) < 4.78 is 32.4. The molecule has 0 amide bonds. The molecule has 0 radical (unpaired) electrons. The van der Waals surface area contributed by atoms with Gasteiger partial charge >= 0.3 is 5.69 Å². The normalized spacial score (nSPS) is 22.3. The second kappa shape index (κ2) is 6.59. The first-order valence-electron chi connectivity index (χ1n) is 6.91. The van der Waals surface area contributed by atoms with Gasteiger partial charge in [0, 0.05) is 24.2 Å². The monoisotopic (exact) mass is 329 g/mol. The number of sulfonamides is 1. The van der Waals surface area contributed by atoms with Crippen LogP contribution in [0.2, 0.25) is 0 Å². The van der Waals surface area contributed by atoms with Crippen LogP contribution in [-0.4, -0.2) is 39.1 Å². The minimum Gasteiger partial charge on any atom is -0.490 e. The van der Waals surface area contributed by atoms with Gasteiger partial charge in [-0.1, -0.05) is 0 Å². The standard InChI is InChI=1S/C13H19N3O5S/c1-9-7-10(5-6-14-9)15-22(19,20)11-3-4-12(16(17)18)13(8-11)21-2/h3-4,8-10,14-15H,5-7H2,1-2H3. The van der Waals surface area contributed by atoms with E-state index in [2.05, 4.69) is 10.0 Å². The molecule has 2 unspecified atom stereocenters. The zero-order valence-electron chi connectivity index (χ0n) is 12.4. The first-order valence-corrected chi connectivity index (χ1v) is 8.40. The van der Waals surface area contributed by atoms with Gasteiger partial charge in [-0.05, 0) is 32.4 Å². The van der Waals surface area contributed by atoms with Crippen LogP contribution in [0.4, 0.5) is 5.69 Å². The lowest BCUT2D eigenvalue weighted by atomic mass is 10.0. The first-order chi connectivity index (χ1) is 10.3. The van der Waals surface area contributed by atoms with Crippen molar-refractivity contribution in [1.82, 2.24) is 10.0 Å². The van der Waals surface area contributed by atoms with Crippen LogP contribution < -0.4 is 14.8 Å². The molecule has 0 bridgehead atoms. The Balaban J connectivity index is 2.23. The molecule has 122 valence electrons. The molecule has 1 saturated heterocycles. The van der Waals surface area contributed by atoms with Gasteiger partial charge < -0.3 is 10.1 Å². The summed E-state index contributed by atoms with van der Waals surface area (Å²) in [6.07, 6.45) is 1.40. The Hall–Kier alpha value is -1.71. The van der Waals surface area contributed by atoms with Crippen LogP contribution in [0.3, 0.4) is 0 Å². The Kier molecular flexibility index (Phi) is 4.99. The van der Waals surface area contributed by atoms with Crippen LogP contribution >= 0.6 is 0 Å². The molecule has 1 fully saturated rings. The number of hydrogen-bond acceptors (Lipinski definition) is 6. The van der Waals surface area contributed by atoms with E-state index in [1.165, 1.54) is 19.2 Å². The zero-order valence-corrected chi connectivity index (χ0v) is 13.2. The highest BCUT2D eigenvalue weighted by atomic mass is 32.2. The number of nitro benzene ring substituents is 1. The molecule has 1 aromatic rings. The molecule has 1 aliphatic rings. The van der Waals surface area contributed by atoms with Crippen molar-refractivity contribution in [3.63, 3.8) is 0 Å². The maximum atomic E-state index is 12.4. The highest BCUT2D eigenvalue weighted by Crippen LogP contribution is 2.29. The number of rotatable bonds is 5. The summed E-state index contributed by atoms with van der Waals surface area (Å²) in [5.41, 5.74) is -0.267. The molecular weight excluding hydrogens is 310 g/mol. The number of hydrogen-bond donors (Lipinski definition) is 2. The minimum absolute atomic E-state index is 0.0406. The quantitative estimate of drug-likeness (QED) is 0.616. The summed E-state index contributed by atoms with van der Waals surface area (Å²) in [7, 11) is -2.47. The molecule has 0 aromatic heterocycles. The maximum Gasteiger partial charge on any atom is 0.310 e. The second-order valence-electron chi connectivity index (χ2n) is 5.29. The number of nitrogens with one attached hydrogen (secondary N) is 2. The van der Waals surface area contributed by atoms with Crippen molar-refractivity contribution in [3.8, 4) is 5.75 Å². The Morgan fingerprint density at radius 3 is 2.77 bits per heavy atom. The SMILES string of the molecule is COc1cc(S(=O)(=O)NC2CCNC(C)C2)ccc1[N+](=O)[O-]. The van der Waals surface area contributed by atoms with Crippen LogP contribution in [0.15, 0.2) is 23.1 Å².